The van der Waals surface area contributed by atoms with Gasteiger partial charge in [-0.2, -0.15) is 0 Å². The summed E-state index contributed by atoms with van der Waals surface area (Å²) in [6.07, 6.45) is 5.12. The largest absolute Gasteiger partial charge is 0.321 e. The van der Waals surface area contributed by atoms with E-state index in [4.69, 9.17) is 17.3 Å². The lowest BCUT2D eigenvalue weighted by Crippen LogP contribution is -2.46. The van der Waals surface area contributed by atoms with Crippen LogP contribution in [0.5, 0.6) is 0 Å². The number of hydrogen-bond donors (Lipinski definition) is 1. The minimum atomic E-state index is -0.568. The quantitative estimate of drug-likeness (QED) is 0.757. The fourth-order valence-electron chi connectivity index (χ4n) is 3.08. The Hall–Kier alpha value is -0.120. The lowest BCUT2D eigenvalue weighted by Gasteiger charge is -2.41. The van der Waals surface area contributed by atoms with Crippen LogP contribution in [0.1, 0.15) is 44.6 Å². The van der Waals surface area contributed by atoms with Crippen LogP contribution in [0.4, 0.5) is 4.39 Å². The Kier molecular flexibility index (Phi) is 4.35. The summed E-state index contributed by atoms with van der Waals surface area (Å²) in [4.78, 5) is 0. The van der Waals surface area contributed by atoms with E-state index < -0.39 is 5.54 Å². The SMILES string of the molecule is CCC1CCCCC1(N)c1ccc(Br)c(Cl)c1F. The van der Waals surface area contributed by atoms with Crippen molar-refractivity contribution in [3.63, 3.8) is 0 Å². The summed E-state index contributed by atoms with van der Waals surface area (Å²) in [6, 6.07) is 3.57. The number of rotatable bonds is 2. The van der Waals surface area contributed by atoms with E-state index in [1.165, 1.54) is 6.42 Å². The second-order valence-electron chi connectivity index (χ2n) is 5.11. The van der Waals surface area contributed by atoms with Gasteiger partial charge in [0.15, 0.2) is 0 Å². The highest BCUT2D eigenvalue weighted by Gasteiger charge is 2.40. The van der Waals surface area contributed by atoms with E-state index in [1.807, 2.05) is 0 Å². The van der Waals surface area contributed by atoms with E-state index in [0.29, 0.717) is 16.0 Å². The molecule has 2 unspecified atom stereocenters. The van der Waals surface area contributed by atoms with E-state index in [1.54, 1.807) is 12.1 Å². The first-order valence-corrected chi connectivity index (χ1v) is 7.60. The Morgan fingerprint density at radius 3 is 2.89 bits per heavy atom. The fourth-order valence-corrected chi connectivity index (χ4v) is 3.55. The van der Waals surface area contributed by atoms with Crippen LogP contribution < -0.4 is 5.73 Å². The molecule has 0 spiro atoms. The lowest BCUT2D eigenvalue weighted by molar-refractivity contribution is 0.179. The molecule has 0 heterocycles. The van der Waals surface area contributed by atoms with Gasteiger partial charge in [0.2, 0.25) is 0 Å². The normalized spacial score (nSPS) is 28.4. The molecule has 2 rings (SSSR count). The fraction of sp³-hybridized carbons (Fsp3) is 0.571. The van der Waals surface area contributed by atoms with Gasteiger partial charge in [0.25, 0.3) is 0 Å². The molecule has 1 saturated carbocycles. The van der Waals surface area contributed by atoms with Crippen molar-refractivity contribution in [2.75, 3.05) is 0 Å². The zero-order valence-electron chi connectivity index (χ0n) is 10.5. The highest BCUT2D eigenvalue weighted by atomic mass is 79.9. The predicted molar refractivity (Wildman–Crippen MR) is 77.2 cm³/mol. The molecule has 0 aliphatic heterocycles. The van der Waals surface area contributed by atoms with Crippen LogP contribution in [-0.2, 0) is 5.54 Å². The van der Waals surface area contributed by atoms with Gasteiger partial charge in [0.05, 0.1) is 5.02 Å². The predicted octanol–water partition coefficient (Wildman–Crippen LogP) is 5.00. The van der Waals surface area contributed by atoms with E-state index in [-0.39, 0.29) is 10.8 Å². The molecule has 0 amide bonds. The summed E-state index contributed by atoms with van der Waals surface area (Å²) in [6.45, 7) is 2.12. The summed E-state index contributed by atoms with van der Waals surface area (Å²) in [5.74, 6) is -0.0353. The molecular formula is C14H18BrClFN. The van der Waals surface area contributed by atoms with Crippen molar-refractivity contribution in [3.8, 4) is 0 Å². The molecule has 1 aromatic carbocycles. The monoisotopic (exact) mass is 333 g/mol. The van der Waals surface area contributed by atoms with E-state index >= 15 is 0 Å². The van der Waals surface area contributed by atoms with Crippen LogP contribution in [0, 0.1) is 11.7 Å². The van der Waals surface area contributed by atoms with Crippen LogP contribution in [0.25, 0.3) is 0 Å². The Morgan fingerprint density at radius 2 is 2.22 bits per heavy atom. The third-order valence-electron chi connectivity index (χ3n) is 4.15. The molecule has 0 bridgehead atoms. The molecule has 2 N–H and O–H groups in total. The topological polar surface area (TPSA) is 26.0 Å². The van der Waals surface area contributed by atoms with Gasteiger partial charge >= 0.3 is 0 Å². The van der Waals surface area contributed by atoms with Gasteiger partial charge in [-0.05, 0) is 40.8 Å². The highest BCUT2D eigenvalue weighted by molar-refractivity contribution is 9.10. The molecule has 0 radical (unpaired) electrons. The maximum Gasteiger partial charge on any atom is 0.147 e. The second-order valence-corrected chi connectivity index (χ2v) is 6.35. The van der Waals surface area contributed by atoms with Gasteiger partial charge in [-0.1, -0.05) is 43.9 Å². The average molecular weight is 335 g/mol. The summed E-state index contributed by atoms with van der Waals surface area (Å²) >= 11 is 9.22. The minimum absolute atomic E-state index is 0.137. The molecule has 1 aromatic rings. The van der Waals surface area contributed by atoms with Crippen LogP contribution >= 0.6 is 27.5 Å². The molecule has 0 aromatic heterocycles. The van der Waals surface area contributed by atoms with Crippen molar-refractivity contribution in [1.29, 1.82) is 0 Å². The average Bonchev–Trinajstić information content (AvgIpc) is 2.36. The third kappa shape index (κ3) is 2.33. The van der Waals surface area contributed by atoms with Crippen molar-refractivity contribution >= 4 is 27.5 Å². The zero-order chi connectivity index (χ0) is 13.3. The Labute approximate surface area is 121 Å². The van der Waals surface area contributed by atoms with E-state index in [0.717, 1.165) is 25.7 Å². The van der Waals surface area contributed by atoms with Crippen LogP contribution in [-0.4, -0.2) is 0 Å². The van der Waals surface area contributed by atoms with Crippen LogP contribution in [0.15, 0.2) is 16.6 Å². The van der Waals surface area contributed by atoms with Crippen molar-refractivity contribution in [2.45, 2.75) is 44.6 Å². The zero-order valence-corrected chi connectivity index (χ0v) is 12.8. The van der Waals surface area contributed by atoms with Crippen molar-refractivity contribution in [2.24, 2.45) is 11.7 Å². The molecule has 18 heavy (non-hydrogen) atoms. The number of nitrogens with two attached hydrogens (primary N) is 1. The number of benzene rings is 1. The Morgan fingerprint density at radius 1 is 1.50 bits per heavy atom. The van der Waals surface area contributed by atoms with Gasteiger partial charge in [-0.15, -0.1) is 0 Å². The smallest absolute Gasteiger partial charge is 0.147 e. The van der Waals surface area contributed by atoms with Gasteiger partial charge in [0.1, 0.15) is 5.82 Å². The lowest BCUT2D eigenvalue weighted by atomic mass is 9.68. The van der Waals surface area contributed by atoms with E-state index in [2.05, 4.69) is 22.9 Å². The van der Waals surface area contributed by atoms with Crippen molar-refractivity contribution in [3.05, 3.63) is 33.0 Å². The summed E-state index contributed by atoms with van der Waals surface area (Å²) in [5, 5.41) is 0.137. The van der Waals surface area contributed by atoms with E-state index in [9.17, 15) is 4.39 Å². The van der Waals surface area contributed by atoms with Crippen molar-refractivity contribution in [1.82, 2.24) is 0 Å². The maximum absolute atomic E-state index is 14.4. The first kappa shape index (κ1) is 14.3. The molecule has 1 aliphatic rings. The Balaban J connectivity index is 2.48. The van der Waals surface area contributed by atoms with Crippen LogP contribution in [0.2, 0.25) is 5.02 Å². The minimum Gasteiger partial charge on any atom is -0.321 e. The third-order valence-corrected chi connectivity index (χ3v) is 5.41. The summed E-state index contributed by atoms with van der Waals surface area (Å²) < 4.78 is 14.9. The van der Waals surface area contributed by atoms with Gasteiger partial charge in [-0.25, -0.2) is 4.39 Å². The van der Waals surface area contributed by atoms with Crippen LogP contribution in [0.3, 0.4) is 0 Å². The number of halogens is 3. The standard InChI is InChI=1S/C14H18BrClFN/c1-2-9-5-3-4-8-14(9,18)10-6-7-11(15)12(16)13(10)17/h6-7,9H,2-5,8,18H2,1H3. The molecule has 1 nitrogen and oxygen atoms in total. The number of hydrogen-bond acceptors (Lipinski definition) is 1. The maximum atomic E-state index is 14.4. The first-order valence-electron chi connectivity index (χ1n) is 6.43. The van der Waals surface area contributed by atoms with Gasteiger partial charge in [0, 0.05) is 15.6 Å². The first-order chi connectivity index (χ1) is 8.50. The molecule has 2 atom stereocenters. The highest BCUT2D eigenvalue weighted by Crippen LogP contribution is 2.44. The molecule has 1 aliphatic carbocycles. The van der Waals surface area contributed by atoms with Crippen molar-refractivity contribution < 1.29 is 4.39 Å². The summed E-state index contributed by atoms with van der Waals surface area (Å²) in [5.41, 5.74) is 6.54. The molecular weight excluding hydrogens is 317 g/mol. The molecule has 100 valence electrons. The second kappa shape index (κ2) is 5.48. The van der Waals surface area contributed by atoms with Gasteiger partial charge in [-0.3, -0.25) is 0 Å². The Bertz CT molecular complexity index is 452. The molecule has 4 heteroatoms. The molecule has 0 saturated heterocycles. The van der Waals surface area contributed by atoms with Gasteiger partial charge < -0.3 is 5.73 Å². The summed E-state index contributed by atoms with van der Waals surface area (Å²) in [7, 11) is 0. The molecule has 1 fully saturated rings.